The van der Waals surface area contributed by atoms with Gasteiger partial charge in [-0.3, -0.25) is 4.31 Å². The summed E-state index contributed by atoms with van der Waals surface area (Å²) in [6.07, 6.45) is 1.83. The minimum Gasteiger partial charge on any atom is -0.332 e. The predicted octanol–water partition coefficient (Wildman–Crippen LogP) is 5.76. The normalized spacial score (nSPS) is 14.0. The van der Waals surface area contributed by atoms with Crippen LogP contribution in [0.15, 0.2) is 77.7 Å². The molecule has 4 rings (SSSR count). The quantitative estimate of drug-likeness (QED) is 0.453. The molecule has 0 saturated heterocycles. The highest BCUT2D eigenvalue weighted by Crippen LogP contribution is 2.32. The van der Waals surface area contributed by atoms with Gasteiger partial charge in [0.2, 0.25) is 0 Å². The number of rotatable bonds is 6. The van der Waals surface area contributed by atoms with Crippen molar-refractivity contribution in [2.75, 3.05) is 21.5 Å². The van der Waals surface area contributed by atoms with Gasteiger partial charge in [0.25, 0.3) is 10.0 Å². The molecule has 5 nitrogen and oxygen atoms in total. The number of para-hydroxylation sites is 1. The van der Waals surface area contributed by atoms with Crippen LogP contribution < -0.4 is 14.9 Å². The molecule has 0 aliphatic carbocycles. The molecular formula is C25H27N3O2S2. The minimum absolute atomic E-state index is 0.263. The van der Waals surface area contributed by atoms with Crippen LogP contribution in [0.5, 0.6) is 0 Å². The molecule has 0 aromatic heterocycles. The zero-order chi connectivity index (χ0) is 22.7. The number of benzene rings is 3. The third-order valence-electron chi connectivity index (χ3n) is 5.89. The fraction of sp³-hybridized carbons (Fsp3) is 0.240. The van der Waals surface area contributed by atoms with Gasteiger partial charge in [-0.15, -0.1) is 0 Å². The smallest absolute Gasteiger partial charge is 0.264 e. The maximum atomic E-state index is 13.1. The molecule has 1 heterocycles. The molecular weight excluding hydrogens is 438 g/mol. The summed E-state index contributed by atoms with van der Waals surface area (Å²) < 4.78 is 27.8. The Labute approximate surface area is 195 Å². The second-order valence-corrected chi connectivity index (χ2v) is 10.3. The maximum absolute atomic E-state index is 13.1. The summed E-state index contributed by atoms with van der Waals surface area (Å²) in [4.78, 5) is 0.263. The number of nitrogens with zero attached hydrogens (tertiary/aromatic N) is 1. The third-order valence-corrected chi connectivity index (χ3v) is 7.93. The lowest BCUT2D eigenvalue weighted by Gasteiger charge is -2.20. The lowest BCUT2D eigenvalue weighted by atomic mass is 9.99. The van der Waals surface area contributed by atoms with E-state index in [2.05, 4.69) is 36.6 Å². The van der Waals surface area contributed by atoms with E-state index in [0.717, 1.165) is 35.5 Å². The number of fused-ring (bicyclic) bond motifs is 1. The number of hydrogen-bond donors (Lipinski definition) is 2. The number of sulfonamides is 1. The standard InChI is InChI=1S/C25H27N3O2S2/c1-3-18(2)19-8-10-21(11-9-19)26-25(31)27-22-12-14-23(15-13-22)32(29,30)28-17-16-20-6-4-5-7-24(20)28/h4-15,18H,3,16-17H2,1-2H3,(H2,26,27,31)/t18-/m0/s1. The zero-order valence-corrected chi connectivity index (χ0v) is 19.8. The summed E-state index contributed by atoms with van der Waals surface area (Å²) in [5.74, 6) is 0.526. The van der Waals surface area contributed by atoms with Crippen LogP contribution in [-0.4, -0.2) is 20.1 Å². The van der Waals surface area contributed by atoms with Crippen LogP contribution in [-0.2, 0) is 16.4 Å². The van der Waals surface area contributed by atoms with Gasteiger partial charge in [-0.25, -0.2) is 8.42 Å². The Balaban J connectivity index is 1.41. The molecule has 32 heavy (non-hydrogen) atoms. The highest BCUT2D eigenvalue weighted by Gasteiger charge is 2.30. The van der Waals surface area contributed by atoms with Gasteiger partial charge < -0.3 is 10.6 Å². The molecule has 2 N–H and O–H groups in total. The lowest BCUT2D eigenvalue weighted by Crippen LogP contribution is -2.29. The molecule has 1 aliphatic rings. The van der Waals surface area contributed by atoms with Crippen molar-refractivity contribution in [1.82, 2.24) is 0 Å². The monoisotopic (exact) mass is 465 g/mol. The largest absolute Gasteiger partial charge is 0.332 e. The first kappa shape index (κ1) is 22.3. The molecule has 166 valence electrons. The van der Waals surface area contributed by atoms with Crippen molar-refractivity contribution in [3.05, 3.63) is 83.9 Å². The fourth-order valence-electron chi connectivity index (χ4n) is 3.82. The highest BCUT2D eigenvalue weighted by atomic mass is 32.2. The Morgan fingerprint density at radius 1 is 0.969 bits per heavy atom. The molecule has 0 saturated carbocycles. The van der Waals surface area contributed by atoms with E-state index in [-0.39, 0.29) is 4.90 Å². The third kappa shape index (κ3) is 4.64. The topological polar surface area (TPSA) is 61.4 Å². The van der Waals surface area contributed by atoms with E-state index in [1.54, 1.807) is 24.3 Å². The summed E-state index contributed by atoms with van der Waals surface area (Å²) in [5, 5.41) is 6.73. The fourth-order valence-corrected chi connectivity index (χ4v) is 5.56. The Kier molecular flexibility index (Phi) is 6.48. The number of hydrogen-bond acceptors (Lipinski definition) is 3. The van der Waals surface area contributed by atoms with Crippen molar-refractivity contribution in [3.8, 4) is 0 Å². The van der Waals surface area contributed by atoms with Gasteiger partial charge in [0, 0.05) is 17.9 Å². The molecule has 1 aliphatic heterocycles. The van der Waals surface area contributed by atoms with Gasteiger partial charge in [0.05, 0.1) is 10.6 Å². The second kappa shape index (κ2) is 9.30. The Bertz CT molecular complexity index is 1210. The van der Waals surface area contributed by atoms with Gasteiger partial charge in [0.15, 0.2) is 5.11 Å². The van der Waals surface area contributed by atoms with E-state index in [9.17, 15) is 8.42 Å². The maximum Gasteiger partial charge on any atom is 0.264 e. The van der Waals surface area contributed by atoms with Crippen LogP contribution in [0.3, 0.4) is 0 Å². The van der Waals surface area contributed by atoms with E-state index in [1.165, 1.54) is 9.87 Å². The van der Waals surface area contributed by atoms with E-state index >= 15 is 0 Å². The van der Waals surface area contributed by atoms with Crippen molar-refractivity contribution >= 4 is 44.4 Å². The molecule has 0 fully saturated rings. The van der Waals surface area contributed by atoms with Crippen molar-refractivity contribution in [2.45, 2.75) is 37.5 Å². The van der Waals surface area contributed by atoms with Crippen molar-refractivity contribution < 1.29 is 8.42 Å². The van der Waals surface area contributed by atoms with E-state index in [4.69, 9.17) is 12.2 Å². The van der Waals surface area contributed by atoms with E-state index < -0.39 is 10.0 Å². The van der Waals surface area contributed by atoms with Gasteiger partial charge in [-0.05, 0) is 84.6 Å². The first-order chi connectivity index (χ1) is 15.4. The van der Waals surface area contributed by atoms with Crippen molar-refractivity contribution in [1.29, 1.82) is 0 Å². The van der Waals surface area contributed by atoms with Crippen LogP contribution in [0.1, 0.15) is 37.3 Å². The van der Waals surface area contributed by atoms with Crippen LogP contribution >= 0.6 is 12.2 Å². The molecule has 0 amide bonds. The highest BCUT2D eigenvalue weighted by molar-refractivity contribution is 7.92. The molecule has 0 unspecified atom stereocenters. The number of anilines is 3. The Hall–Kier alpha value is -2.90. The van der Waals surface area contributed by atoms with Gasteiger partial charge in [-0.1, -0.05) is 44.2 Å². The van der Waals surface area contributed by atoms with Crippen molar-refractivity contribution in [3.63, 3.8) is 0 Å². The summed E-state index contributed by atoms with van der Waals surface area (Å²) in [6.45, 7) is 4.85. The van der Waals surface area contributed by atoms with Gasteiger partial charge >= 0.3 is 0 Å². The first-order valence-corrected chi connectivity index (χ1v) is 12.6. The first-order valence-electron chi connectivity index (χ1n) is 10.8. The lowest BCUT2D eigenvalue weighted by molar-refractivity contribution is 0.592. The molecule has 0 radical (unpaired) electrons. The molecule has 0 bridgehead atoms. The molecule has 7 heteroatoms. The van der Waals surface area contributed by atoms with E-state index in [0.29, 0.717) is 17.6 Å². The summed E-state index contributed by atoms with van der Waals surface area (Å²) in [7, 11) is -3.60. The van der Waals surface area contributed by atoms with Gasteiger partial charge in [0.1, 0.15) is 0 Å². The Morgan fingerprint density at radius 3 is 2.19 bits per heavy atom. The molecule has 0 spiro atoms. The predicted molar refractivity (Wildman–Crippen MR) is 136 cm³/mol. The van der Waals surface area contributed by atoms with E-state index in [1.807, 2.05) is 36.4 Å². The minimum atomic E-state index is -3.60. The Morgan fingerprint density at radius 2 is 1.56 bits per heavy atom. The average Bonchev–Trinajstić information content (AvgIpc) is 3.24. The SMILES string of the molecule is CC[C@H](C)c1ccc(NC(=S)Nc2ccc(S(=O)(=O)N3CCc4ccccc43)cc2)cc1. The van der Waals surface area contributed by atoms with Gasteiger partial charge in [-0.2, -0.15) is 0 Å². The molecule has 3 aromatic carbocycles. The average molecular weight is 466 g/mol. The van der Waals surface area contributed by atoms with Crippen LogP contribution in [0.25, 0.3) is 0 Å². The van der Waals surface area contributed by atoms with Crippen LogP contribution in [0.4, 0.5) is 17.1 Å². The molecule has 3 aromatic rings. The zero-order valence-electron chi connectivity index (χ0n) is 18.2. The summed E-state index contributed by atoms with van der Waals surface area (Å²) in [5.41, 5.74) is 4.75. The molecule has 1 atom stereocenters. The summed E-state index contributed by atoms with van der Waals surface area (Å²) >= 11 is 5.41. The van der Waals surface area contributed by atoms with Crippen LogP contribution in [0, 0.1) is 0 Å². The van der Waals surface area contributed by atoms with Crippen molar-refractivity contribution in [2.24, 2.45) is 0 Å². The summed E-state index contributed by atoms with van der Waals surface area (Å²) in [6, 6.07) is 22.6. The number of nitrogens with one attached hydrogen (secondary N) is 2. The number of thiocarbonyl (C=S) groups is 1. The second-order valence-electron chi connectivity index (χ2n) is 7.99. The van der Waals surface area contributed by atoms with Crippen LogP contribution in [0.2, 0.25) is 0 Å².